The molecule has 1 spiro atoms. The number of nitrogens with one attached hydrogen (secondary N) is 1. The van der Waals surface area contributed by atoms with Gasteiger partial charge in [0.2, 0.25) is 5.91 Å². The summed E-state index contributed by atoms with van der Waals surface area (Å²) in [4.78, 5) is 14.2. The van der Waals surface area contributed by atoms with Gasteiger partial charge in [-0.1, -0.05) is 19.3 Å². The molecule has 2 heterocycles. The summed E-state index contributed by atoms with van der Waals surface area (Å²) in [5.41, 5.74) is 0.487. The number of hydrogen-bond donors (Lipinski definition) is 1. The lowest BCUT2D eigenvalue weighted by Gasteiger charge is -2.39. The summed E-state index contributed by atoms with van der Waals surface area (Å²) >= 11 is 0. The van der Waals surface area contributed by atoms with E-state index >= 15 is 0 Å². The predicted octanol–water partition coefficient (Wildman–Crippen LogP) is 2.36. The average Bonchev–Trinajstić information content (AvgIpc) is 2.95. The Bertz CT molecular complexity index is 329. The van der Waals surface area contributed by atoms with Crippen LogP contribution >= 0.6 is 12.4 Å². The van der Waals surface area contributed by atoms with Gasteiger partial charge in [-0.15, -0.1) is 12.4 Å². The van der Waals surface area contributed by atoms with E-state index < -0.39 is 0 Å². The van der Waals surface area contributed by atoms with E-state index in [4.69, 9.17) is 4.74 Å². The maximum Gasteiger partial charge on any atom is 0.248 e. The Morgan fingerprint density at radius 3 is 2.48 bits per heavy atom. The van der Waals surface area contributed by atoms with Crippen molar-refractivity contribution in [2.75, 3.05) is 32.8 Å². The lowest BCUT2D eigenvalue weighted by Crippen LogP contribution is -2.45. The molecule has 3 aliphatic rings. The summed E-state index contributed by atoms with van der Waals surface area (Å²) in [5, 5.41) is 3.47. The van der Waals surface area contributed by atoms with Crippen LogP contribution in [0.4, 0.5) is 0 Å². The summed E-state index contributed by atoms with van der Waals surface area (Å²) in [6, 6.07) is 0. The number of hydrogen-bond acceptors (Lipinski definition) is 3. The van der Waals surface area contributed by atoms with Crippen molar-refractivity contribution >= 4 is 18.3 Å². The minimum Gasteiger partial charge on any atom is -0.368 e. The van der Waals surface area contributed by atoms with Gasteiger partial charge in [-0.05, 0) is 44.1 Å². The van der Waals surface area contributed by atoms with Gasteiger partial charge in [-0.25, -0.2) is 0 Å². The summed E-state index contributed by atoms with van der Waals surface area (Å²) in [6.07, 6.45) is 10.1. The molecule has 5 heteroatoms. The van der Waals surface area contributed by atoms with Crippen LogP contribution in [0.15, 0.2) is 0 Å². The van der Waals surface area contributed by atoms with Crippen LogP contribution in [0, 0.1) is 5.41 Å². The van der Waals surface area contributed by atoms with Crippen LogP contribution in [-0.2, 0) is 9.53 Å². The van der Waals surface area contributed by atoms with Crippen molar-refractivity contribution in [2.45, 2.75) is 57.5 Å². The third-order valence-electron chi connectivity index (χ3n) is 5.50. The van der Waals surface area contributed by atoms with Crippen LogP contribution < -0.4 is 5.32 Å². The minimum atomic E-state index is 0. The van der Waals surface area contributed by atoms with Gasteiger partial charge < -0.3 is 15.0 Å². The number of carbonyl (C=O) groups is 1. The van der Waals surface area contributed by atoms with E-state index in [9.17, 15) is 4.79 Å². The third-order valence-corrected chi connectivity index (χ3v) is 5.50. The van der Waals surface area contributed by atoms with Crippen LogP contribution in [0.3, 0.4) is 0 Å². The maximum absolute atomic E-state index is 12.2. The zero-order valence-electron chi connectivity index (χ0n) is 12.9. The molecule has 21 heavy (non-hydrogen) atoms. The van der Waals surface area contributed by atoms with Crippen LogP contribution in [0.2, 0.25) is 0 Å². The van der Waals surface area contributed by atoms with E-state index in [0.29, 0.717) is 18.1 Å². The predicted molar refractivity (Wildman–Crippen MR) is 85.8 cm³/mol. The van der Waals surface area contributed by atoms with Crippen LogP contribution in [0.1, 0.15) is 51.4 Å². The highest BCUT2D eigenvalue weighted by Crippen LogP contribution is 2.36. The number of amides is 1. The molecule has 0 atom stereocenters. The SMILES string of the molecule is Cl.O=C(COC1CCCCC1)N1CCC2(CCNC2)CC1. The summed E-state index contributed by atoms with van der Waals surface area (Å²) in [6.45, 7) is 4.45. The highest BCUT2D eigenvalue weighted by Gasteiger charge is 2.38. The highest BCUT2D eigenvalue weighted by molar-refractivity contribution is 5.85. The second-order valence-electron chi connectivity index (χ2n) is 6.88. The van der Waals surface area contributed by atoms with Crippen molar-refractivity contribution in [3.8, 4) is 0 Å². The first-order valence-corrected chi connectivity index (χ1v) is 8.38. The number of halogens is 1. The van der Waals surface area contributed by atoms with Gasteiger partial charge in [0.1, 0.15) is 6.61 Å². The average molecular weight is 317 g/mol. The number of carbonyl (C=O) groups excluding carboxylic acids is 1. The molecule has 0 aromatic carbocycles. The molecular formula is C16H29ClN2O2. The van der Waals surface area contributed by atoms with Crippen molar-refractivity contribution in [1.82, 2.24) is 10.2 Å². The van der Waals surface area contributed by atoms with E-state index in [-0.39, 0.29) is 18.3 Å². The maximum atomic E-state index is 12.2. The molecule has 0 bridgehead atoms. The lowest BCUT2D eigenvalue weighted by atomic mass is 9.78. The first-order valence-electron chi connectivity index (χ1n) is 8.38. The Kier molecular flexibility index (Phi) is 6.33. The first-order chi connectivity index (χ1) is 9.77. The summed E-state index contributed by atoms with van der Waals surface area (Å²) in [7, 11) is 0. The van der Waals surface area contributed by atoms with Crippen molar-refractivity contribution in [3.05, 3.63) is 0 Å². The summed E-state index contributed by atoms with van der Waals surface area (Å²) < 4.78 is 5.81. The Hall–Kier alpha value is -0.320. The Balaban J connectivity index is 0.00000161. The third kappa shape index (κ3) is 4.33. The molecule has 2 aliphatic heterocycles. The number of rotatable bonds is 3. The normalized spacial score (nSPS) is 25.8. The standard InChI is InChI=1S/C16H28N2O2.ClH/c19-15(12-20-14-4-2-1-3-5-14)18-10-7-16(8-11-18)6-9-17-13-16;/h14,17H,1-13H2;1H. The fourth-order valence-corrected chi connectivity index (χ4v) is 3.96. The molecule has 3 rings (SSSR count). The minimum absolute atomic E-state index is 0. The molecular weight excluding hydrogens is 288 g/mol. The lowest BCUT2D eigenvalue weighted by molar-refractivity contribution is -0.141. The van der Waals surface area contributed by atoms with Crippen molar-refractivity contribution in [2.24, 2.45) is 5.41 Å². The quantitative estimate of drug-likeness (QED) is 0.869. The molecule has 0 aromatic heterocycles. The largest absolute Gasteiger partial charge is 0.368 e. The van der Waals surface area contributed by atoms with Gasteiger partial charge in [0, 0.05) is 19.6 Å². The van der Waals surface area contributed by atoms with Gasteiger partial charge in [0.15, 0.2) is 0 Å². The fourth-order valence-electron chi connectivity index (χ4n) is 3.96. The van der Waals surface area contributed by atoms with E-state index in [1.165, 1.54) is 25.7 Å². The molecule has 0 radical (unpaired) electrons. The molecule has 4 nitrogen and oxygen atoms in total. The number of ether oxygens (including phenoxy) is 1. The van der Waals surface area contributed by atoms with Crippen LogP contribution in [-0.4, -0.2) is 49.7 Å². The van der Waals surface area contributed by atoms with E-state index in [2.05, 4.69) is 5.32 Å². The smallest absolute Gasteiger partial charge is 0.248 e. The van der Waals surface area contributed by atoms with Gasteiger partial charge in [0.05, 0.1) is 6.10 Å². The summed E-state index contributed by atoms with van der Waals surface area (Å²) in [5.74, 6) is 0.205. The van der Waals surface area contributed by atoms with Crippen molar-refractivity contribution < 1.29 is 9.53 Å². The van der Waals surface area contributed by atoms with Gasteiger partial charge >= 0.3 is 0 Å². The molecule has 1 N–H and O–H groups in total. The van der Waals surface area contributed by atoms with E-state index in [0.717, 1.165) is 51.9 Å². The molecule has 3 fully saturated rings. The number of likely N-dealkylation sites (tertiary alicyclic amines) is 1. The Labute approximate surface area is 134 Å². The van der Waals surface area contributed by atoms with E-state index in [1.807, 2.05) is 4.90 Å². The molecule has 0 aromatic rings. The van der Waals surface area contributed by atoms with Gasteiger partial charge in [-0.2, -0.15) is 0 Å². The molecule has 1 aliphatic carbocycles. The van der Waals surface area contributed by atoms with Crippen molar-refractivity contribution in [1.29, 1.82) is 0 Å². The molecule has 1 amide bonds. The second-order valence-corrected chi connectivity index (χ2v) is 6.88. The number of nitrogens with zero attached hydrogens (tertiary/aromatic N) is 1. The van der Waals surface area contributed by atoms with Crippen molar-refractivity contribution in [3.63, 3.8) is 0 Å². The first kappa shape index (κ1) is 17.0. The fraction of sp³-hybridized carbons (Fsp3) is 0.938. The second kappa shape index (κ2) is 7.80. The number of piperidine rings is 1. The van der Waals surface area contributed by atoms with Gasteiger partial charge in [0.25, 0.3) is 0 Å². The topological polar surface area (TPSA) is 41.6 Å². The Morgan fingerprint density at radius 1 is 1.14 bits per heavy atom. The van der Waals surface area contributed by atoms with E-state index in [1.54, 1.807) is 0 Å². The van der Waals surface area contributed by atoms with Crippen LogP contribution in [0.5, 0.6) is 0 Å². The van der Waals surface area contributed by atoms with Crippen LogP contribution in [0.25, 0.3) is 0 Å². The molecule has 2 saturated heterocycles. The molecule has 0 unspecified atom stereocenters. The Morgan fingerprint density at radius 2 is 1.86 bits per heavy atom. The van der Waals surface area contributed by atoms with Gasteiger partial charge in [-0.3, -0.25) is 4.79 Å². The monoisotopic (exact) mass is 316 g/mol. The molecule has 122 valence electrons. The zero-order valence-corrected chi connectivity index (χ0v) is 13.8. The zero-order chi connectivity index (χ0) is 13.8. The highest BCUT2D eigenvalue weighted by atomic mass is 35.5. The molecule has 1 saturated carbocycles.